The largest absolute Gasteiger partial charge is 0.325 e. The molecule has 0 saturated carbocycles. The second-order valence-electron chi connectivity index (χ2n) is 7.45. The predicted molar refractivity (Wildman–Crippen MR) is 121 cm³/mol. The minimum absolute atomic E-state index is 0.0820. The number of benzene rings is 2. The second-order valence-corrected chi connectivity index (χ2v) is 8.39. The van der Waals surface area contributed by atoms with E-state index in [1.54, 1.807) is 4.52 Å². The maximum Gasteiger partial charge on any atom is 0.234 e. The number of hydrogen-bond donors (Lipinski definition) is 1. The molecule has 30 heavy (non-hydrogen) atoms. The molecule has 152 valence electrons. The van der Waals surface area contributed by atoms with Crippen molar-refractivity contribution in [2.24, 2.45) is 0 Å². The van der Waals surface area contributed by atoms with E-state index in [4.69, 9.17) is 0 Å². The zero-order chi connectivity index (χ0) is 21.3. The van der Waals surface area contributed by atoms with Crippen molar-refractivity contribution < 1.29 is 4.79 Å². The summed E-state index contributed by atoms with van der Waals surface area (Å²) in [7, 11) is 0. The molecule has 4 rings (SSSR count). The Labute approximate surface area is 179 Å². The summed E-state index contributed by atoms with van der Waals surface area (Å²) in [5.74, 6) is 0.144. The topological polar surface area (TPSA) is 72.2 Å². The van der Waals surface area contributed by atoms with Crippen molar-refractivity contribution in [1.29, 1.82) is 0 Å². The van der Waals surface area contributed by atoms with Gasteiger partial charge < -0.3 is 5.32 Å². The van der Waals surface area contributed by atoms with Gasteiger partial charge in [0.15, 0.2) is 5.65 Å². The normalized spacial score (nSPS) is 11.1. The molecule has 0 aliphatic rings. The maximum atomic E-state index is 12.5. The zero-order valence-electron chi connectivity index (χ0n) is 17.4. The number of nitrogens with zero attached hydrogens (tertiary/aromatic N) is 4. The van der Waals surface area contributed by atoms with Crippen LogP contribution in [-0.4, -0.2) is 31.5 Å². The van der Waals surface area contributed by atoms with Gasteiger partial charge in [0, 0.05) is 11.3 Å². The third kappa shape index (κ3) is 4.21. The lowest BCUT2D eigenvalue weighted by Crippen LogP contribution is -2.16. The molecule has 0 bridgehead atoms. The highest BCUT2D eigenvalue weighted by atomic mass is 32.2. The van der Waals surface area contributed by atoms with Gasteiger partial charge in [-0.2, -0.15) is 9.61 Å². The monoisotopic (exact) mass is 417 g/mol. The van der Waals surface area contributed by atoms with Crippen molar-refractivity contribution in [2.45, 2.75) is 32.9 Å². The molecule has 0 saturated heterocycles. The van der Waals surface area contributed by atoms with Crippen molar-refractivity contribution >= 4 is 29.0 Å². The van der Waals surface area contributed by atoms with E-state index in [2.05, 4.69) is 58.7 Å². The molecule has 2 aromatic heterocycles. The van der Waals surface area contributed by atoms with E-state index < -0.39 is 0 Å². The van der Waals surface area contributed by atoms with E-state index in [1.807, 2.05) is 38.1 Å². The molecule has 6 nitrogen and oxygen atoms in total. The third-order valence-corrected chi connectivity index (χ3v) is 5.77. The van der Waals surface area contributed by atoms with E-state index in [9.17, 15) is 4.79 Å². The molecule has 2 heterocycles. The van der Waals surface area contributed by atoms with Gasteiger partial charge in [0.1, 0.15) is 0 Å². The van der Waals surface area contributed by atoms with Gasteiger partial charge in [-0.1, -0.05) is 59.3 Å². The van der Waals surface area contributed by atoms with Crippen LogP contribution in [0.4, 0.5) is 5.69 Å². The van der Waals surface area contributed by atoms with E-state index in [0.717, 1.165) is 28.1 Å². The summed E-state index contributed by atoms with van der Waals surface area (Å²) in [5.41, 5.74) is 7.88. The first-order valence-corrected chi connectivity index (χ1v) is 10.7. The average molecular weight is 418 g/mol. The van der Waals surface area contributed by atoms with Crippen molar-refractivity contribution in [3.05, 3.63) is 70.8 Å². The molecular formula is C23H23N5OS. The second kappa shape index (κ2) is 8.28. The molecule has 0 unspecified atom stereocenters. The van der Waals surface area contributed by atoms with Crippen molar-refractivity contribution in [1.82, 2.24) is 19.8 Å². The lowest BCUT2D eigenvalue weighted by molar-refractivity contribution is -0.113. The molecule has 1 amide bonds. The summed E-state index contributed by atoms with van der Waals surface area (Å²) in [4.78, 5) is 12.5. The summed E-state index contributed by atoms with van der Waals surface area (Å²) < 4.78 is 1.69. The highest BCUT2D eigenvalue weighted by molar-refractivity contribution is 7.99. The number of thioether (sulfide) groups is 1. The van der Waals surface area contributed by atoms with Gasteiger partial charge in [-0.05, 0) is 51.0 Å². The number of carbonyl (C=O) groups is 1. The highest BCUT2D eigenvalue weighted by Gasteiger charge is 2.13. The van der Waals surface area contributed by atoms with E-state index in [-0.39, 0.29) is 11.7 Å². The summed E-state index contributed by atoms with van der Waals surface area (Å²) in [6.07, 6.45) is 0. The SMILES string of the molecule is Cc1ccc(-c2ccc3nnc(SCC(=O)Nc4c(C)cc(C)cc4C)n3n2)cc1. The van der Waals surface area contributed by atoms with Crippen LogP contribution in [-0.2, 0) is 4.79 Å². The summed E-state index contributed by atoms with van der Waals surface area (Å²) in [6, 6.07) is 16.2. The van der Waals surface area contributed by atoms with Crippen molar-refractivity contribution in [3.8, 4) is 11.3 Å². The van der Waals surface area contributed by atoms with Crippen molar-refractivity contribution in [3.63, 3.8) is 0 Å². The number of aryl methyl sites for hydroxylation is 4. The average Bonchev–Trinajstić information content (AvgIpc) is 3.12. The number of fused-ring (bicyclic) bond motifs is 1. The van der Waals surface area contributed by atoms with Crippen LogP contribution in [0.2, 0.25) is 0 Å². The van der Waals surface area contributed by atoms with E-state index in [1.165, 1.54) is 22.9 Å². The lowest BCUT2D eigenvalue weighted by atomic mass is 10.1. The minimum Gasteiger partial charge on any atom is -0.325 e. The van der Waals surface area contributed by atoms with Crippen LogP contribution >= 0.6 is 11.8 Å². The summed E-state index contributed by atoms with van der Waals surface area (Å²) in [6.45, 7) is 8.12. The molecule has 0 spiro atoms. The Kier molecular flexibility index (Phi) is 5.55. The van der Waals surface area contributed by atoms with Gasteiger partial charge in [0.2, 0.25) is 11.1 Å². The number of rotatable bonds is 5. The third-order valence-electron chi connectivity index (χ3n) is 4.86. The smallest absolute Gasteiger partial charge is 0.234 e. The van der Waals surface area contributed by atoms with Gasteiger partial charge in [-0.25, -0.2) is 0 Å². The number of amides is 1. The van der Waals surface area contributed by atoms with Crippen LogP contribution in [0.15, 0.2) is 53.7 Å². The molecule has 1 N–H and O–H groups in total. The molecule has 0 radical (unpaired) electrons. The standard InChI is InChI=1S/C23H23N5OS/c1-14-5-7-18(8-6-14)19-9-10-20-25-26-23(28(20)27-19)30-13-21(29)24-22-16(3)11-15(2)12-17(22)4/h5-12H,13H2,1-4H3,(H,24,29). The Morgan fingerprint density at radius 2 is 1.63 bits per heavy atom. The molecule has 0 aliphatic heterocycles. The lowest BCUT2D eigenvalue weighted by Gasteiger charge is -2.12. The molecule has 2 aromatic carbocycles. The molecule has 7 heteroatoms. The number of nitrogens with one attached hydrogen (secondary N) is 1. The van der Waals surface area contributed by atoms with Crippen LogP contribution in [0.25, 0.3) is 16.9 Å². The Morgan fingerprint density at radius 3 is 2.33 bits per heavy atom. The Bertz CT molecular complexity index is 1210. The van der Waals surface area contributed by atoms with E-state index >= 15 is 0 Å². The van der Waals surface area contributed by atoms with Gasteiger partial charge in [0.05, 0.1) is 11.4 Å². The number of anilines is 1. The molecule has 0 fully saturated rings. The molecule has 4 aromatic rings. The minimum atomic E-state index is -0.0820. The fourth-order valence-electron chi connectivity index (χ4n) is 3.42. The highest BCUT2D eigenvalue weighted by Crippen LogP contribution is 2.24. The number of carbonyl (C=O) groups excluding carboxylic acids is 1. The van der Waals surface area contributed by atoms with Gasteiger partial charge >= 0.3 is 0 Å². The van der Waals surface area contributed by atoms with Gasteiger partial charge in [-0.15, -0.1) is 10.2 Å². The first-order chi connectivity index (χ1) is 14.4. The quantitative estimate of drug-likeness (QED) is 0.474. The fourth-order valence-corrected chi connectivity index (χ4v) is 4.11. The molecule has 0 aliphatic carbocycles. The first-order valence-electron chi connectivity index (χ1n) is 9.71. The molecule has 0 atom stereocenters. The predicted octanol–water partition coefficient (Wildman–Crippen LogP) is 4.76. The maximum absolute atomic E-state index is 12.5. The van der Waals surface area contributed by atoms with Crippen LogP contribution in [0.5, 0.6) is 0 Å². The first kappa shape index (κ1) is 20.1. The van der Waals surface area contributed by atoms with Gasteiger partial charge in [0.25, 0.3) is 0 Å². The van der Waals surface area contributed by atoms with Crippen LogP contribution < -0.4 is 5.32 Å². The van der Waals surface area contributed by atoms with Crippen molar-refractivity contribution in [2.75, 3.05) is 11.1 Å². The summed E-state index contributed by atoms with van der Waals surface area (Å²) >= 11 is 1.32. The Hall–Kier alpha value is -3.19. The van der Waals surface area contributed by atoms with Crippen LogP contribution in [0, 0.1) is 27.7 Å². The van der Waals surface area contributed by atoms with E-state index in [0.29, 0.717) is 10.8 Å². The van der Waals surface area contributed by atoms with Gasteiger partial charge in [-0.3, -0.25) is 4.79 Å². The zero-order valence-corrected chi connectivity index (χ0v) is 18.2. The fraction of sp³-hybridized carbons (Fsp3) is 0.217. The Balaban J connectivity index is 1.51. The van der Waals surface area contributed by atoms with Crippen LogP contribution in [0.1, 0.15) is 22.3 Å². The molecular weight excluding hydrogens is 394 g/mol. The number of aromatic nitrogens is 4. The van der Waals surface area contributed by atoms with Crippen LogP contribution in [0.3, 0.4) is 0 Å². The Morgan fingerprint density at radius 1 is 0.933 bits per heavy atom. The number of hydrogen-bond acceptors (Lipinski definition) is 5. The summed E-state index contributed by atoms with van der Waals surface area (Å²) in [5, 5.41) is 16.7.